The van der Waals surface area contributed by atoms with Crippen LogP contribution in [0, 0.1) is 10.1 Å². The zero-order valence-electron chi connectivity index (χ0n) is 11.2. The second kappa shape index (κ2) is 4.05. The Morgan fingerprint density at radius 1 is 1.39 bits per heavy atom. The van der Waals surface area contributed by atoms with E-state index < -0.39 is 4.92 Å². The van der Waals surface area contributed by atoms with Gasteiger partial charge in [-0.05, 0) is 40.5 Å². The lowest BCUT2D eigenvalue weighted by molar-refractivity contribution is -0.385. The van der Waals surface area contributed by atoms with E-state index in [1.807, 2.05) is 27.7 Å². The molecule has 0 bridgehead atoms. The number of rotatable bonds is 2. The largest absolute Gasteiger partial charge is 0.370 e. The number of hydrogen-bond acceptors (Lipinski definition) is 4. The molecule has 0 aromatic carbocycles. The van der Waals surface area contributed by atoms with Gasteiger partial charge in [-0.2, -0.15) is 5.10 Å². The molecule has 0 N–H and O–H groups in total. The Balaban J connectivity index is 2.24. The van der Waals surface area contributed by atoms with E-state index in [-0.39, 0.29) is 22.9 Å². The molecule has 1 aliphatic rings. The van der Waals surface area contributed by atoms with Crippen LogP contribution in [0.25, 0.3) is 0 Å². The smallest absolute Gasteiger partial charge is 0.307 e. The summed E-state index contributed by atoms with van der Waals surface area (Å²) in [4.78, 5) is 10.3. The summed E-state index contributed by atoms with van der Waals surface area (Å²) in [7, 11) is 0. The molecule has 0 spiro atoms. The van der Waals surface area contributed by atoms with Crippen LogP contribution in [-0.4, -0.2) is 25.9 Å². The molecule has 6 nitrogen and oxygen atoms in total. The maximum Gasteiger partial charge on any atom is 0.307 e. The minimum absolute atomic E-state index is 0.0390. The Hall–Kier alpha value is -1.43. The van der Waals surface area contributed by atoms with Gasteiger partial charge in [0.2, 0.25) is 0 Å². The fraction of sp³-hybridized carbons (Fsp3) is 0.750. The molecule has 1 saturated heterocycles. The fourth-order valence-corrected chi connectivity index (χ4v) is 2.85. The van der Waals surface area contributed by atoms with E-state index >= 15 is 0 Å². The van der Waals surface area contributed by atoms with Gasteiger partial charge >= 0.3 is 5.69 Å². The quantitative estimate of drug-likeness (QED) is 0.600. The Morgan fingerprint density at radius 2 is 1.94 bits per heavy atom. The third kappa shape index (κ3) is 2.69. The van der Waals surface area contributed by atoms with Gasteiger partial charge in [0.05, 0.1) is 22.2 Å². The van der Waals surface area contributed by atoms with E-state index in [9.17, 15) is 10.1 Å². The van der Waals surface area contributed by atoms with Gasteiger partial charge < -0.3 is 4.74 Å². The highest BCUT2D eigenvalue weighted by Gasteiger charge is 2.40. The summed E-state index contributed by atoms with van der Waals surface area (Å²) in [6, 6.07) is 0.137. The predicted octanol–water partition coefficient (Wildman–Crippen LogP) is 2.70. The van der Waals surface area contributed by atoms with Crippen molar-refractivity contribution in [2.45, 2.75) is 57.8 Å². The van der Waals surface area contributed by atoms with E-state index in [2.05, 4.69) is 5.10 Å². The minimum atomic E-state index is -0.418. The van der Waals surface area contributed by atoms with Crippen molar-refractivity contribution < 1.29 is 9.66 Å². The van der Waals surface area contributed by atoms with Crippen LogP contribution in [0.1, 0.15) is 46.6 Å². The van der Waals surface area contributed by atoms with Crippen molar-refractivity contribution in [3.05, 3.63) is 22.5 Å². The first-order valence-electron chi connectivity index (χ1n) is 6.07. The van der Waals surface area contributed by atoms with Crippen molar-refractivity contribution in [1.82, 2.24) is 9.78 Å². The first-order chi connectivity index (χ1) is 8.19. The third-order valence-electron chi connectivity index (χ3n) is 3.18. The number of hydrogen-bond donors (Lipinski definition) is 0. The van der Waals surface area contributed by atoms with Gasteiger partial charge in [0.1, 0.15) is 12.4 Å². The molecule has 0 saturated carbocycles. The molecule has 1 fully saturated rings. The third-order valence-corrected chi connectivity index (χ3v) is 3.18. The molecule has 2 rings (SSSR count). The first-order valence-corrected chi connectivity index (χ1v) is 6.07. The van der Waals surface area contributed by atoms with E-state index in [1.54, 1.807) is 4.68 Å². The zero-order chi connectivity index (χ0) is 13.6. The molecule has 1 aliphatic heterocycles. The second-order valence-electron chi connectivity index (χ2n) is 6.12. The molecule has 100 valence electrons. The lowest BCUT2D eigenvalue weighted by Gasteiger charge is -2.45. The fourth-order valence-electron chi connectivity index (χ4n) is 2.85. The summed E-state index contributed by atoms with van der Waals surface area (Å²) >= 11 is 0. The van der Waals surface area contributed by atoms with Gasteiger partial charge in [-0.3, -0.25) is 14.8 Å². The number of aromatic nitrogens is 2. The summed E-state index contributed by atoms with van der Waals surface area (Å²) in [5.41, 5.74) is -0.447. The van der Waals surface area contributed by atoms with Crippen LogP contribution in [0.2, 0.25) is 0 Å². The summed E-state index contributed by atoms with van der Waals surface area (Å²) in [6.45, 7) is 8.16. The first kappa shape index (κ1) is 13.0. The van der Waals surface area contributed by atoms with Gasteiger partial charge in [0.15, 0.2) is 0 Å². The minimum Gasteiger partial charge on any atom is -0.370 e. The average molecular weight is 253 g/mol. The molecule has 0 radical (unpaired) electrons. The number of ether oxygens (including phenoxy) is 1. The molecule has 0 atom stereocenters. The zero-order valence-corrected chi connectivity index (χ0v) is 11.2. The Labute approximate surface area is 106 Å². The standard InChI is InChI=1S/C12H19N3O3/c1-11(2)5-9(6-12(3,4)18-11)14-8-10(7-13-14)15(16)17/h7-9H,5-6H2,1-4H3. The van der Waals surface area contributed by atoms with Crippen LogP contribution in [0.5, 0.6) is 0 Å². The van der Waals surface area contributed by atoms with Crippen molar-refractivity contribution in [2.75, 3.05) is 0 Å². The van der Waals surface area contributed by atoms with Gasteiger partial charge in [-0.25, -0.2) is 0 Å². The maximum absolute atomic E-state index is 10.7. The Morgan fingerprint density at radius 3 is 2.39 bits per heavy atom. The van der Waals surface area contributed by atoms with Crippen molar-refractivity contribution >= 4 is 5.69 Å². The monoisotopic (exact) mass is 253 g/mol. The Bertz CT molecular complexity index is 449. The van der Waals surface area contributed by atoms with E-state index in [1.165, 1.54) is 12.4 Å². The highest BCUT2D eigenvalue weighted by atomic mass is 16.6. The van der Waals surface area contributed by atoms with Crippen LogP contribution in [0.3, 0.4) is 0 Å². The van der Waals surface area contributed by atoms with E-state index in [4.69, 9.17) is 4.74 Å². The summed E-state index contributed by atoms with van der Waals surface area (Å²) in [5.74, 6) is 0. The molecule has 0 unspecified atom stereocenters. The van der Waals surface area contributed by atoms with Crippen molar-refractivity contribution in [2.24, 2.45) is 0 Å². The topological polar surface area (TPSA) is 70.2 Å². The summed E-state index contributed by atoms with van der Waals surface area (Å²) in [6.07, 6.45) is 4.40. The van der Waals surface area contributed by atoms with Gasteiger partial charge in [-0.1, -0.05) is 0 Å². The molecule has 0 aliphatic carbocycles. The van der Waals surface area contributed by atoms with Gasteiger partial charge in [0, 0.05) is 0 Å². The van der Waals surface area contributed by atoms with Gasteiger partial charge in [0.25, 0.3) is 0 Å². The SMILES string of the molecule is CC1(C)CC(n2cc([N+](=O)[O-])cn2)CC(C)(C)O1. The second-order valence-corrected chi connectivity index (χ2v) is 6.12. The molecular formula is C12H19N3O3. The van der Waals surface area contributed by atoms with Crippen molar-refractivity contribution in [1.29, 1.82) is 0 Å². The Kier molecular flexibility index (Phi) is 2.93. The van der Waals surface area contributed by atoms with Crippen LogP contribution < -0.4 is 0 Å². The molecule has 1 aromatic rings. The summed E-state index contributed by atoms with van der Waals surface area (Å²) in [5, 5.41) is 14.8. The predicted molar refractivity (Wildman–Crippen MR) is 66.4 cm³/mol. The highest BCUT2D eigenvalue weighted by Crippen LogP contribution is 2.40. The number of nitro groups is 1. The highest BCUT2D eigenvalue weighted by molar-refractivity contribution is 5.21. The van der Waals surface area contributed by atoms with Crippen LogP contribution in [0.15, 0.2) is 12.4 Å². The maximum atomic E-state index is 10.7. The molecular weight excluding hydrogens is 234 g/mol. The van der Waals surface area contributed by atoms with E-state index in [0.29, 0.717) is 0 Å². The van der Waals surface area contributed by atoms with Crippen LogP contribution in [-0.2, 0) is 4.74 Å². The lowest BCUT2D eigenvalue weighted by atomic mass is 9.85. The molecule has 1 aromatic heterocycles. The molecule has 18 heavy (non-hydrogen) atoms. The van der Waals surface area contributed by atoms with Crippen LogP contribution >= 0.6 is 0 Å². The lowest BCUT2D eigenvalue weighted by Crippen LogP contribution is -2.45. The van der Waals surface area contributed by atoms with Crippen molar-refractivity contribution in [3.63, 3.8) is 0 Å². The molecule has 2 heterocycles. The normalized spacial score (nSPS) is 22.9. The number of nitrogens with zero attached hydrogens (tertiary/aromatic N) is 3. The van der Waals surface area contributed by atoms with Crippen LogP contribution in [0.4, 0.5) is 5.69 Å². The average Bonchev–Trinajstić information content (AvgIpc) is 2.60. The summed E-state index contributed by atoms with van der Waals surface area (Å²) < 4.78 is 7.69. The van der Waals surface area contributed by atoms with Gasteiger partial charge in [-0.15, -0.1) is 0 Å². The van der Waals surface area contributed by atoms with Crippen molar-refractivity contribution in [3.8, 4) is 0 Å². The van der Waals surface area contributed by atoms with E-state index in [0.717, 1.165) is 12.8 Å². The molecule has 6 heteroatoms. The molecule has 0 amide bonds.